The summed E-state index contributed by atoms with van der Waals surface area (Å²) in [6, 6.07) is 5.83. The second-order valence-electron chi connectivity index (χ2n) is 6.01. The van der Waals surface area contributed by atoms with Crippen LogP contribution in [0.3, 0.4) is 0 Å². The molecule has 2 aliphatic heterocycles. The van der Waals surface area contributed by atoms with Crippen molar-refractivity contribution in [2.24, 2.45) is 5.92 Å². The van der Waals surface area contributed by atoms with E-state index in [0.29, 0.717) is 18.4 Å². The van der Waals surface area contributed by atoms with Crippen LogP contribution in [0.2, 0.25) is 0 Å². The van der Waals surface area contributed by atoms with E-state index in [0.717, 1.165) is 36.7 Å². The molecule has 1 fully saturated rings. The quantitative estimate of drug-likeness (QED) is 0.890. The third kappa shape index (κ3) is 3.18. The topological polar surface area (TPSA) is 60.8 Å². The lowest BCUT2D eigenvalue weighted by Crippen LogP contribution is -2.39. The highest BCUT2D eigenvalue weighted by atomic mass is 16.7. The molecule has 0 aliphatic carbocycles. The molecule has 0 radical (unpaired) electrons. The van der Waals surface area contributed by atoms with Crippen LogP contribution in [-0.4, -0.2) is 56.3 Å². The van der Waals surface area contributed by atoms with E-state index < -0.39 is 0 Å². The number of hydroxylamine groups is 2. The van der Waals surface area contributed by atoms with Gasteiger partial charge in [0.2, 0.25) is 0 Å². The Morgan fingerprint density at radius 2 is 2.09 bits per heavy atom. The van der Waals surface area contributed by atoms with Gasteiger partial charge in [-0.25, -0.2) is 5.06 Å². The second kappa shape index (κ2) is 6.54. The van der Waals surface area contributed by atoms with Crippen LogP contribution < -0.4 is 10.1 Å². The third-order valence-corrected chi connectivity index (χ3v) is 4.45. The molecule has 1 aromatic carbocycles. The summed E-state index contributed by atoms with van der Waals surface area (Å²) in [6.45, 7) is 3.56. The molecule has 0 aromatic heterocycles. The molecule has 2 aliphatic rings. The van der Waals surface area contributed by atoms with Crippen LogP contribution in [0.15, 0.2) is 18.2 Å². The standard InChI is InChI=1S/C16H24N4O2/c1-19-7-5-12(6-8-19)10-22-13-3-4-14-15(9-13)18-11-20(21-2)16(14)17/h3-4,9,12,17-18H,5-8,10-11H2,1-2H3. The monoisotopic (exact) mass is 304 g/mol. The van der Waals surface area contributed by atoms with Gasteiger partial charge < -0.3 is 15.0 Å². The Hall–Kier alpha value is -1.79. The molecule has 1 aromatic rings. The zero-order valence-electron chi connectivity index (χ0n) is 13.3. The number of amidine groups is 1. The first-order valence-electron chi connectivity index (χ1n) is 7.77. The number of benzene rings is 1. The van der Waals surface area contributed by atoms with E-state index in [9.17, 15) is 0 Å². The van der Waals surface area contributed by atoms with Crippen LogP contribution in [0, 0.1) is 11.3 Å². The molecule has 2 heterocycles. The van der Waals surface area contributed by atoms with Crippen LogP contribution in [0.25, 0.3) is 0 Å². The van der Waals surface area contributed by atoms with Gasteiger partial charge in [0.05, 0.1) is 19.4 Å². The van der Waals surface area contributed by atoms with E-state index in [-0.39, 0.29) is 0 Å². The number of piperidine rings is 1. The molecule has 0 bridgehead atoms. The van der Waals surface area contributed by atoms with Crippen LogP contribution in [-0.2, 0) is 4.84 Å². The SMILES string of the molecule is CON1CNc2cc(OCC3CCN(C)CC3)ccc2C1=N. The van der Waals surface area contributed by atoms with Gasteiger partial charge in [0.25, 0.3) is 0 Å². The minimum atomic E-state index is 0.373. The molecule has 22 heavy (non-hydrogen) atoms. The molecule has 0 amide bonds. The predicted octanol–water partition coefficient (Wildman–Crippen LogP) is 1.98. The fourth-order valence-electron chi connectivity index (χ4n) is 2.93. The summed E-state index contributed by atoms with van der Waals surface area (Å²) in [5, 5.41) is 12.9. The maximum Gasteiger partial charge on any atom is 0.156 e. The van der Waals surface area contributed by atoms with Crippen molar-refractivity contribution >= 4 is 11.5 Å². The minimum Gasteiger partial charge on any atom is -0.493 e. The average molecular weight is 304 g/mol. The van der Waals surface area contributed by atoms with E-state index in [1.807, 2.05) is 18.2 Å². The van der Waals surface area contributed by atoms with Gasteiger partial charge in [0.15, 0.2) is 5.84 Å². The number of hydrogen-bond donors (Lipinski definition) is 2. The van der Waals surface area contributed by atoms with Crippen molar-refractivity contribution in [2.45, 2.75) is 12.8 Å². The molecule has 0 unspecified atom stereocenters. The van der Waals surface area contributed by atoms with Gasteiger partial charge in [0.1, 0.15) is 12.4 Å². The minimum absolute atomic E-state index is 0.373. The highest BCUT2D eigenvalue weighted by Gasteiger charge is 2.22. The van der Waals surface area contributed by atoms with Crippen molar-refractivity contribution < 1.29 is 9.57 Å². The molecule has 3 rings (SSSR count). The number of anilines is 1. The Morgan fingerprint density at radius 1 is 1.32 bits per heavy atom. The second-order valence-corrected chi connectivity index (χ2v) is 6.01. The predicted molar refractivity (Wildman–Crippen MR) is 86.3 cm³/mol. The van der Waals surface area contributed by atoms with Crippen molar-refractivity contribution in [1.82, 2.24) is 9.96 Å². The zero-order chi connectivity index (χ0) is 15.5. The number of rotatable bonds is 4. The molecule has 6 nitrogen and oxygen atoms in total. The summed E-state index contributed by atoms with van der Waals surface area (Å²) in [6.07, 6.45) is 2.40. The fourth-order valence-corrected chi connectivity index (χ4v) is 2.93. The number of fused-ring (bicyclic) bond motifs is 1. The molecule has 2 N–H and O–H groups in total. The molecular formula is C16H24N4O2. The summed E-state index contributed by atoms with van der Waals surface area (Å²) in [7, 11) is 3.74. The molecule has 1 saturated heterocycles. The van der Waals surface area contributed by atoms with E-state index in [1.54, 1.807) is 7.11 Å². The van der Waals surface area contributed by atoms with Gasteiger partial charge in [-0.2, -0.15) is 0 Å². The van der Waals surface area contributed by atoms with Gasteiger partial charge in [-0.15, -0.1) is 0 Å². The Morgan fingerprint density at radius 3 is 2.82 bits per heavy atom. The van der Waals surface area contributed by atoms with Crippen molar-refractivity contribution in [3.05, 3.63) is 23.8 Å². The number of nitrogens with zero attached hydrogens (tertiary/aromatic N) is 2. The normalized spacial score (nSPS) is 19.7. The van der Waals surface area contributed by atoms with E-state index in [4.69, 9.17) is 15.0 Å². The van der Waals surface area contributed by atoms with Crippen LogP contribution in [0.5, 0.6) is 5.75 Å². The Bertz CT molecular complexity index is 541. The van der Waals surface area contributed by atoms with Crippen molar-refractivity contribution in [1.29, 1.82) is 5.41 Å². The summed E-state index contributed by atoms with van der Waals surface area (Å²) in [4.78, 5) is 7.50. The molecule has 0 saturated carbocycles. The Kier molecular flexibility index (Phi) is 4.49. The molecule has 0 spiro atoms. The molecule has 6 heteroatoms. The van der Waals surface area contributed by atoms with Gasteiger partial charge >= 0.3 is 0 Å². The number of ether oxygens (including phenoxy) is 1. The van der Waals surface area contributed by atoms with Gasteiger partial charge in [0, 0.05) is 11.6 Å². The summed E-state index contributed by atoms with van der Waals surface area (Å²) < 4.78 is 5.96. The van der Waals surface area contributed by atoms with Crippen molar-refractivity contribution in [2.75, 3.05) is 45.8 Å². The van der Waals surface area contributed by atoms with Gasteiger partial charge in [-0.1, -0.05) is 0 Å². The van der Waals surface area contributed by atoms with Crippen molar-refractivity contribution in [3.8, 4) is 5.75 Å². The Labute approximate surface area is 131 Å². The number of likely N-dealkylation sites (tertiary alicyclic amines) is 1. The largest absolute Gasteiger partial charge is 0.493 e. The highest BCUT2D eigenvalue weighted by molar-refractivity contribution is 6.02. The first-order valence-corrected chi connectivity index (χ1v) is 7.77. The van der Waals surface area contributed by atoms with Gasteiger partial charge in [-0.3, -0.25) is 10.2 Å². The first-order chi connectivity index (χ1) is 10.7. The zero-order valence-corrected chi connectivity index (χ0v) is 13.3. The Balaban J connectivity index is 1.61. The summed E-state index contributed by atoms with van der Waals surface area (Å²) >= 11 is 0. The third-order valence-electron chi connectivity index (χ3n) is 4.45. The van der Waals surface area contributed by atoms with Crippen molar-refractivity contribution in [3.63, 3.8) is 0 Å². The van der Waals surface area contributed by atoms with E-state index in [2.05, 4.69) is 17.3 Å². The number of hydrogen-bond acceptors (Lipinski definition) is 5. The first kappa shape index (κ1) is 15.1. The fraction of sp³-hybridized carbons (Fsp3) is 0.562. The van der Waals surface area contributed by atoms with Crippen LogP contribution in [0.1, 0.15) is 18.4 Å². The smallest absolute Gasteiger partial charge is 0.156 e. The molecular weight excluding hydrogens is 280 g/mol. The average Bonchev–Trinajstić information content (AvgIpc) is 2.55. The molecule has 120 valence electrons. The molecule has 0 atom stereocenters. The maximum absolute atomic E-state index is 8.09. The summed E-state index contributed by atoms with van der Waals surface area (Å²) in [5.41, 5.74) is 1.76. The summed E-state index contributed by atoms with van der Waals surface area (Å²) in [5.74, 6) is 1.88. The van der Waals surface area contributed by atoms with Crippen LogP contribution in [0.4, 0.5) is 5.69 Å². The maximum atomic E-state index is 8.09. The number of nitrogens with one attached hydrogen (secondary N) is 2. The van der Waals surface area contributed by atoms with Gasteiger partial charge in [-0.05, 0) is 51.0 Å². The van der Waals surface area contributed by atoms with Crippen LogP contribution >= 0.6 is 0 Å². The lowest BCUT2D eigenvalue weighted by atomic mass is 9.98. The van der Waals surface area contributed by atoms with E-state index in [1.165, 1.54) is 17.9 Å². The lowest BCUT2D eigenvalue weighted by Gasteiger charge is -2.30. The lowest BCUT2D eigenvalue weighted by molar-refractivity contribution is -0.0602. The van der Waals surface area contributed by atoms with E-state index >= 15 is 0 Å². The highest BCUT2D eigenvalue weighted by Crippen LogP contribution is 2.27.